The van der Waals surface area contributed by atoms with Crippen molar-refractivity contribution in [3.63, 3.8) is 0 Å². The maximum absolute atomic E-state index is 4.57. The summed E-state index contributed by atoms with van der Waals surface area (Å²) in [6.07, 6.45) is 12.7. The maximum Gasteiger partial charge on any atom is 0.225 e. The lowest BCUT2D eigenvalue weighted by molar-refractivity contribution is 0.675. The molecule has 1 fully saturated rings. The zero-order chi connectivity index (χ0) is 14.8. The van der Waals surface area contributed by atoms with E-state index in [9.17, 15) is 0 Å². The van der Waals surface area contributed by atoms with Gasteiger partial charge in [0, 0.05) is 31.3 Å². The second kappa shape index (κ2) is 5.51. The summed E-state index contributed by atoms with van der Waals surface area (Å²) >= 11 is 0. The second-order valence-corrected chi connectivity index (χ2v) is 5.16. The van der Waals surface area contributed by atoms with E-state index in [1.165, 1.54) is 0 Å². The smallest absolute Gasteiger partial charge is 0.225 e. The number of hydrogen-bond acceptors (Lipinski definition) is 6. The summed E-state index contributed by atoms with van der Waals surface area (Å²) < 4.78 is 0. The molecule has 1 aliphatic heterocycles. The number of rotatable bonds is 3. The van der Waals surface area contributed by atoms with E-state index in [2.05, 4.69) is 34.8 Å². The Labute approximate surface area is 127 Å². The first-order valence-electron chi connectivity index (χ1n) is 7.27. The fourth-order valence-corrected chi connectivity index (χ4v) is 2.79. The summed E-state index contributed by atoms with van der Waals surface area (Å²) in [5, 5.41) is 0. The lowest BCUT2D eigenvalue weighted by Gasteiger charge is -2.23. The monoisotopic (exact) mass is 293 g/mol. The van der Waals surface area contributed by atoms with Crippen molar-refractivity contribution in [3.8, 4) is 11.5 Å². The quantitative estimate of drug-likeness (QED) is 0.795. The largest absolute Gasteiger partial charge is 0.343 e. The Morgan fingerprint density at radius 2 is 1.91 bits per heavy atom. The molecule has 0 aliphatic carbocycles. The molecule has 7 nitrogen and oxygen atoms in total. The number of nitrogens with zero attached hydrogens (tertiary/aromatic N) is 6. The molecule has 1 aliphatic rings. The van der Waals surface area contributed by atoms with Crippen LogP contribution in [0.5, 0.6) is 0 Å². The van der Waals surface area contributed by atoms with Crippen LogP contribution in [0.4, 0.5) is 5.95 Å². The highest BCUT2D eigenvalue weighted by molar-refractivity contribution is 5.47. The summed E-state index contributed by atoms with van der Waals surface area (Å²) in [7, 11) is 0. The predicted molar refractivity (Wildman–Crippen MR) is 81.0 cm³/mol. The van der Waals surface area contributed by atoms with Gasteiger partial charge in [0.1, 0.15) is 5.69 Å². The molecule has 0 unspecified atom stereocenters. The van der Waals surface area contributed by atoms with E-state index < -0.39 is 0 Å². The van der Waals surface area contributed by atoms with Gasteiger partial charge in [-0.3, -0.25) is 4.98 Å². The van der Waals surface area contributed by atoms with Gasteiger partial charge in [0.2, 0.25) is 5.95 Å². The molecular formula is C15H15N7. The van der Waals surface area contributed by atoms with Crippen LogP contribution in [0.2, 0.25) is 0 Å². The highest BCUT2D eigenvalue weighted by Crippen LogP contribution is 2.33. The van der Waals surface area contributed by atoms with Crippen molar-refractivity contribution in [2.75, 3.05) is 11.4 Å². The summed E-state index contributed by atoms with van der Waals surface area (Å²) in [6.45, 7) is 0.941. The number of aromatic amines is 1. The van der Waals surface area contributed by atoms with Crippen molar-refractivity contribution in [2.24, 2.45) is 0 Å². The van der Waals surface area contributed by atoms with Crippen LogP contribution in [0.25, 0.3) is 11.5 Å². The van der Waals surface area contributed by atoms with Gasteiger partial charge in [-0.25, -0.2) is 19.9 Å². The van der Waals surface area contributed by atoms with Crippen molar-refractivity contribution in [1.29, 1.82) is 0 Å². The Kier molecular flexibility index (Phi) is 3.23. The van der Waals surface area contributed by atoms with Crippen molar-refractivity contribution in [2.45, 2.75) is 18.9 Å². The maximum atomic E-state index is 4.57. The average Bonchev–Trinajstić information content (AvgIpc) is 3.28. The standard InChI is InChI=1S/C15H15N7/c1-3-13(22(8-1)15-18-4-2-5-19-15)11-9-21-12(10-20-11)14-16-6-7-17-14/h2,4-7,9-10,13H,1,3,8H2,(H,16,17)/t13-/m0/s1. The summed E-state index contributed by atoms with van der Waals surface area (Å²) in [5.41, 5.74) is 1.69. The molecule has 0 radical (unpaired) electrons. The molecule has 0 saturated carbocycles. The van der Waals surface area contributed by atoms with Crippen LogP contribution in [-0.2, 0) is 0 Å². The number of imidazole rings is 1. The van der Waals surface area contributed by atoms with Gasteiger partial charge in [-0.05, 0) is 18.9 Å². The molecule has 1 atom stereocenters. The molecule has 3 aromatic heterocycles. The van der Waals surface area contributed by atoms with Gasteiger partial charge >= 0.3 is 0 Å². The lowest BCUT2D eigenvalue weighted by atomic mass is 10.1. The van der Waals surface area contributed by atoms with E-state index in [0.29, 0.717) is 0 Å². The van der Waals surface area contributed by atoms with Gasteiger partial charge < -0.3 is 9.88 Å². The Hall–Kier alpha value is -2.83. The van der Waals surface area contributed by atoms with E-state index in [1.54, 1.807) is 31.0 Å². The van der Waals surface area contributed by atoms with Crippen LogP contribution in [0.15, 0.2) is 43.2 Å². The van der Waals surface area contributed by atoms with E-state index in [4.69, 9.17) is 0 Å². The number of aromatic nitrogens is 6. The zero-order valence-corrected chi connectivity index (χ0v) is 11.9. The Morgan fingerprint density at radius 1 is 1.00 bits per heavy atom. The van der Waals surface area contributed by atoms with Crippen LogP contribution in [0, 0.1) is 0 Å². The molecule has 7 heteroatoms. The number of nitrogens with one attached hydrogen (secondary N) is 1. The Balaban J connectivity index is 1.61. The SMILES string of the molecule is c1cnc(N2CCC[C@H]2c2cnc(-c3ncc[nH]3)cn2)nc1. The lowest BCUT2D eigenvalue weighted by Crippen LogP contribution is -2.25. The minimum atomic E-state index is 0.181. The predicted octanol–water partition coefficient (Wildman–Crippen LogP) is 2.00. The number of H-pyrrole nitrogens is 1. The average molecular weight is 293 g/mol. The molecule has 1 N–H and O–H groups in total. The van der Waals surface area contributed by atoms with Crippen LogP contribution in [-0.4, -0.2) is 36.4 Å². The number of anilines is 1. The molecule has 3 aromatic rings. The van der Waals surface area contributed by atoms with Crippen molar-refractivity contribution in [3.05, 3.63) is 48.9 Å². The topological polar surface area (TPSA) is 83.5 Å². The van der Waals surface area contributed by atoms with Gasteiger partial charge in [-0.15, -0.1) is 0 Å². The third-order valence-corrected chi connectivity index (χ3v) is 3.82. The van der Waals surface area contributed by atoms with Crippen LogP contribution in [0.3, 0.4) is 0 Å². The number of hydrogen-bond donors (Lipinski definition) is 1. The summed E-state index contributed by atoms with van der Waals surface area (Å²) in [6, 6.07) is 2.01. The highest BCUT2D eigenvalue weighted by atomic mass is 15.3. The fraction of sp³-hybridized carbons (Fsp3) is 0.267. The minimum Gasteiger partial charge on any atom is -0.343 e. The van der Waals surface area contributed by atoms with Crippen LogP contribution < -0.4 is 4.90 Å². The Bertz CT molecular complexity index is 724. The molecule has 22 heavy (non-hydrogen) atoms. The first-order chi connectivity index (χ1) is 10.9. The van der Waals surface area contributed by atoms with Crippen molar-refractivity contribution < 1.29 is 0 Å². The van der Waals surface area contributed by atoms with Gasteiger partial charge in [0.25, 0.3) is 0 Å². The molecule has 4 rings (SSSR count). The zero-order valence-electron chi connectivity index (χ0n) is 11.9. The van der Waals surface area contributed by atoms with E-state index in [0.717, 1.165) is 42.5 Å². The fourth-order valence-electron chi connectivity index (χ4n) is 2.79. The van der Waals surface area contributed by atoms with E-state index >= 15 is 0 Å². The minimum absolute atomic E-state index is 0.181. The molecule has 0 amide bonds. The first kappa shape index (κ1) is 12.9. The van der Waals surface area contributed by atoms with Gasteiger partial charge in [0.15, 0.2) is 5.82 Å². The second-order valence-electron chi connectivity index (χ2n) is 5.16. The molecule has 1 saturated heterocycles. The summed E-state index contributed by atoms with van der Waals surface area (Å²) in [5.74, 6) is 1.48. The molecule has 0 bridgehead atoms. The van der Waals surface area contributed by atoms with E-state index in [1.807, 2.05) is 12.3 Å². The molecule has 0 spiro atoms. The van der Waals surface area contributed by atoms with Crippen molar-refractivity contribution >= 4 is 5.95 Å². The Morgan fingerprint density at radius 3 is 2.64 bits per heavy atom. The molecule has 0 aromatic carbocycles. The van der Waals surface area contributed by atoms with Gasteiger partial charge in [0.05, 0.1) is 24.1 Å². The molecule has 110 valence electrons. The van der Waals surface area contributed by atoms with Crippen molar-refractivity contribution in [1.82, 2.24) is 29.9 Å². The third-order valence-electron chi connectivity index (χ3n) is 3.82. The van der Waals surface area contributed by atoms with Gasteiger partial charge in [-0.2, -0.15) is 0 Å². The molecule has 4 heterocycles. The summed E-state index contributed by atoms with van der Waals surface area (Å²) in [4.78, 5) is 27.1. The van der Waals surface area contributed by atoms with E-state index in [-0.39, 0.29) is 6.04 Å². The third kappa shape index (κ3) is 2.30. The first-order valence-corrected chi connectivity index (χ1v) is 7.27. The molecular weight excluding hydrogens is 278 g/mol. The highest BCUT2D eigenvalue weighted by Gasteiger charge is 2.29. The van der Waals surface area contributed by atoms with Gasteiger partial charge in [-0.1, -0.05) is 0 Å². The van der Waals surface area contributed by atoms with Crippen LogP contribution in [0.1, 0.15) is 24.6 Å². The normalized spacial score (nSPS) is 17.8. The van der Waals surface area contributed by atoms with Crippen LogP contribution >= 0.6 is 0 Å².